The van der Waals surface area contributed by atoms with Crippen LogP contribution in [-0.2, 0) is 6.61 Å². The minimum absolute atomic E-state index is 0.0544. The van der Waals surface area contributed by atoms with E-state index >= 15 is 0 Å². The minimum atomic E-state index is -0.0544. The van der Waals surface area contributed by atoms with Crippen LogP contribution in [0.2, 0.25) is 10.0 Å². The summed E-state index contributed by atoms with van der Waals surface area (Å²) in [6.07, 6.45) is 0. The van der Waals surface area contributed by atoms with Gasteiger partial charge in [0.25, 0.3) is 0 Å². The maximum atomic E-state index is 9.23. The highest BCUT2D eigenvalue weighted by Crippen LogP contribution is 2.29. The summed E-state index contributed by atoms with van der Waals surface area (Å²) in [5, 5.41) is 11.1. The molecule has 0 aliphatic heterocycles. The Morgan fingerprint density at radius 2 is 2.00 bits per heavy atom. The van der Waals surface area contributed by atoms with Crippen LogP contribution in [0.4, 0.5) is 0 Å². The van der Waals surface area contributed by atoms with Gasteiger partial charge in [-0.25, -0.2) is 0 Å². The second-order valence-corrected chi connectivity index (χ2v) is 4.21. The van der Waals surface area contributed by atoms with Crippen molar-refractivity contribution in [3.05, 3.63) is 39.5 Å². The van der Waals surface area contributed by atoms with Crippen molar-refractivity contribution in [1.29, 1.82) is 0 Å². The predicted molar refractivity (Wildman–Crippen MR) is 62.4 cm³/mol. The van der Waals surface area contributed by atoms with Crippen LogP contribution >= 0.6 is 23.2 Å². The van der Waals surface area contributed by atoms with Crippen molar-refractivity contribution in [3.63, 3.8) is 0 Å². The van der Waals surface area contributed by atoms with Crippen LogP contribution in [0.25, 0.3) is 10.9 Å². The van der Waals surface area contributed by atoms with Crippen molar-refractivity contribution >= 4 is 34.1 Å². The summed E-state index contributed by atoms with van der Waals surface area (Å²) < 4.78 is 0. The van der Waals surface area contributed by atoms with E-state index in [2.05, 4.69) is 4.98 Å². The number of hydrogen-bond donors (Lipinski definition) is 1. The molecule has 1 N–H and O–H groups in total. The molecule has 15 heavy (non-hydrogen) atoms. The second kappa shape index (κ2) is 3.97. The zero-order valence-electron chi connectivity index (χ0n) is 8.09. The van der Waals surface area contributed by atoms with Gasteiger partial charge in [-0.3, -0.25) is 4.98 Å². The maximum absolute atomic E-state index is 9.23. The van der Waals surface area contributed by atoms with E-state index in [0.29, 0.717) is 10.0 Å². The summed E-state index contributed by atoms with van der Waals surface area (Å²) in [7, 11) is 0. The van der Waals surface area contributed by atoms with Crippen molar-refractivity contribution in [1.82, 2.24) is 4.98 Å². The van der Waals surface area contributed by atoms with Crippen LogP contribution in [0, 0.1) is 6.92 Å². The molecule has 0 amide bonds. The Morgan fingerprint density at radius 3 is 2.67 bits per heavy atom. The number of nitrogens with zero attached hydrogens (tertiary/aromatic N) is 1. The molecule has 78 valence electrons. The molecule has 0 aliphatic rings. The number of fused-ring (bicyclic) bond motifs is 1. The van der Waals surface area contributed by atoms with Crippen LogP contribution in [-0.4, -0.2) is 10.1 Å². The molecule has 2 rings (SSSR count). The predicted octanol–water partition coefficient (Wildman–Crippen LogP) is 3.34. The molecule has 1 heterocycles. The summed E-state index contributed by atoms with van der Waals surface area (Å²) in [5.41, 5.74) is 2.33. The first kappa shape index (κ1) is 10.7. The van der Waals surface area contributed by atoms with Gasteiger partial charge in [-0.15, -0.1) is 0 Å². The molecule has 0 unspecified atom stereocenters. The quantitative estimate of drug-likeness (QED) is 0.831. The van der Waals surface area contributed by atoms with E-state index in [0.717, 1.165) is 22.2 Å². The fourth-order valence-electron chi connectivity index (χ4n) is 1.64. The number of hydrogen-bond acceptors (Lipinski definition) is 2. The molecule has 0 radical (unpaired) electrons. The Kier molecular flexibility index (Phi) is 2.83. The first-order chi connectivity index (χ1) is 7.11. The smallest absolute Gasteiger partial charge is 0.0738 e. The lowest BCUT2D eigenvalue weighted by molar-refractivity contribution is 0.283. The third-order valence-corrected chi connectivity index (χ3v) is 2.72. The van der Waals surface area contributed by atoms with Gasteiger partial charge >= 0.3 is 0 Å². The molecular formula is C11H9Cl2NO. The van der Waals surface area contributed by atoms with Crippen molar-refractivity contribution in [2.45, 2.75) is 13.5 Å². The van der Waals surface area contributed by atoms with Gasteiger partial charge in [0.2, 0.25) is 0 Å². The van der Waals surface area contributed by atoms with Crippen molar-refractivity contribution < 1.29 is 5.11 Å². The average Bonchev–Trinajstić information content (AvgIpc) is 2.14. The van der Waals surface area contributed by atoms with E-state index in [9.17, 15) is 5.11 Å². The van der Waals surface area contributed by atoms with E-state index in [1.165, 1.54) is 0 Å². The standard InChI is InChI=1S/C11H9Cl2NO/c1-6-2-7(5-15)11-9(13)3-8(12)4-10(11)14-6/h2-4,15H,5H2,1H3. The molecular weight excluding hydrogens is 233 g/mol. The van der Waals surface area contributed by atoms with Gasteiger partial charge < -0.3 is 5.11 Å². The molecule has 2 nitrogen and oxygen atoms in total. The third kappa shape index (κ3) is 1.93. The topological polar surface area (TPSA) is 33.1 Å². The molecule has 0 spiro atoms. The maximum Gasteiger partial charge on any atom is 0.0738 e. The van der Waals surface area contributed by atoms with Gasteiger partial charge in [0.05, 0.1) is 17.1 Å². The van der Waals surface area contributed by atoms with Gasteiger partial charge in [-0.2, -0.15) is 0 Å². The van der Waals surface area contributed by atoms with Crippen LogP contribution in [0.15, 0.2) is 18.2 Å². The molecule has 1 aromatic heterocycles. The Balaban J connectivity index is 2.90. The number of aryl methyl sites for hydroxylation is 1. The van der Waals surface area contributed by atoms with E-state index in [-0.39, 0.29) is 6.61 Å². The Hall–Kier alpha value is -0.830. The minimum Gasteiger partial charge on any atom is -0.392 e. The Labute approximate surface area is 97.5 Å². The molecule has 0 saturated carbocycles. The average molecular weight is 242 g/mol. The van der Waals surface area contributed by atoms with E-state index < -0.39 is 0 Å². The fraction of sp³-hybridized carbons (Fsp3) is 0.182. The SMILES string of the molecule is Cc1cc(CO)c2c(Cl)cc(Cl)cc2n1. The van der Waals surface area contributed by atoms with Crippen LogP contribution < -0.4 is 0 Å². The van der Waals surface area contributed by atoms with Crippen LogP contribution in [0.1, 0.15) is 11.3 Å². The highest BCUT2D eigenvalue weighted by Gasteiger charge is 2.08. The monoisotopic (exact) mass is 241 g/mol. The number of benzene rings is 1. The lowest BCUT2D eigenvalue weighted by Crippen LogP contribution is -1.92. The lowest BCUT2D eigenvalue weighted by Gasteiger charge is -2.07. The lowest BCUT2D eigenvalue weighted by atomic mass is 10.1. The molecule has 0 saturated heterocycles. The summed E-state index contributed by atoms with van der Waals surface area (Å²) >= 11 is 11.9. The third-order valence-electron chi connectivity index (χ3n) is 2.21. The van der Waals surface area contributed by atoms with Gasteiger partial charge in [0.1, 0.15) is 0 Å². The highest BCUT2D eigenvalue weighted by atomic mass is 35.5. The fourth-order valence-corrected chi connectivity index (χ4v) is 2.24. The zero-order chi connectivity index (χ0) is 11.0. The molecule has 4 heteroatoms. The van der Waals surface area contributed by atoms with Gasteiger partial charge in [0.15, 0.2) is 0 Å². The molecule has 0 bridgehead atoms. The Morgan fingerprint density at radius 1 is 1.27 bits per heavy atom. The van der Waals surface area contributed by atoms with Crippen molar-refractivity contribution in [2.75, 3.05) is 0 Å². The number of pyridine rings is 1. The van der Waals surface area contributed by atoms with Gasteiger partial charge in [-0.05, 0) is 30.7 Å². The number of aromatic nitrogens is 1. The first-order valence-electron chi connectivity index (χ1n) is 4.48. The van der Waals surface area contributed by atoms with Gasteiger partial charge in [-0.1, -0.05) is 23.2 Å². The summed E-state index contributed by atoms with van der Waals surface area (Å²) in [5.74, 6) is 0. The molecule has 2 aromatic rings. The van der Waals surface area contributed by atoms with E-state index in [1.54, 1.807) is 12.1 Å². The summed E-state index contributed by atoms with van der Waals surface area (Å²) in [6, 6.07) is 5.22. The molecule has 0 atom stereocenters. The summed E-state index contributed by atoms with van der Waals surface area (Å²) in [6.45, 7) is 1.81. The van der Waals surface area contributed by atoms with Gasteiger partial charge in [0, 0.05) is 16.1 Å². The number of halogens is 2. The molecule has 0 fully saturated rings. The van der Waals surface area contributed by atoms with Crippen LogP contribution in [0.5, 0.6) is 0 Å². The molecule has 0 aliphatic carbocycles. The van der Waals surface area contributed by atoms with Crippen molar-refractivity contribution in [3.8, 4) is 0 Å². The first-order valence-corrected chi connectivity index (χ1v) is 5.23. The number of aliphatic hydroxyl groups excluding tert-OH is 1. The summed E-state index contributed by atoms with van der Waals surface area (Å²) in [4.78, 5) is 4.33. The van der Waals surface area contributed by atoms with Crippen LogP contribution in [0.3, 0.4) is 0 Å². The number of rotatable bonds is 1. The van der Waals surface area contributed by atoms with E-state index in [4.69, 9.17) is 23.2 Å². The normalized spacial score (nSPS) is 10.9. The van der Waals surface area contributed by atoms with Crippen molar-refractivity contribution in [2.24, 2.45) is 0 Å². The number of aliphatic hydroxyl groups is 1. The van der Waals surface area contributed by atoms with E-state index in [1.807, 2.05) is 13.0 Å². The largest absolute Gasteiger partial charge is 0.392 e. The second-order valence-electron chi connectivity index (χ2n) is 3.36. The zero-order valence-corrected chi connectivity index (χ0v) is 9.60. The highest BCUT2D eigenvalue weighted by molar-refractivity contribution is 6.38. The molecule has 1 aromatic carbocycles. The Bertz CT molecular complexity index is 520.